The number of aromatic nitrogens is 2. The van der Waals surface area contributed by atoms with Crippen molar-refractivity contribution in [1.82, 2.24) is 15.3 Å². The van der Waals surface area contributed by atoms with E-state index in [0.29, 0.717) is 19.6 Å². The minimum Gasteiger partial charge on any atom is -0.384 e. The van der Waals surface area contributed by atoms with Gasteiger partial charge in [0.05, 0.1) is 35.9 Å². The molecule has 0 aromatic carbocycles. The first-order chi connectivity index (χ1) is 13.9. The van der Waals surface area contributed by atoms with Gasteiger partial charge in [0.15, 0.2) is 5.13 Å². The Labute approximate surface area is 176 Å². The number of nitrogens with zero attached hydrogens (tertiary/aromatic N) is 3. The van der Waals surface area contributed by atoms with Crippen molar-refractivity contribution in [2.75, 3.05) is 31.7 Å². The zero-order valence-electron chi connectivity index (χ0n) is 17.8. The minimum atomic E-state index is -0.0388. The van der Waals surface area contributed by atoms with Crippen molar-refractivity contribution in [3.05, 3.63) is 29.2 Å². The molecule has 2 aromatic heterocycles. The van der Waals surface area contributed by atoms with E-state index in [1.807, 2.05) is 13.8 Å². The number of hydrogen-bond acceptors (Lipinski definition) is 7. The molecule has 2 aromatic rings. The van der Waals surface area contributed by atoms with Gasteiger partial charge in [0.2, 0.25) is 5.91 Å². The van der Waals surface area contributed by atoms with Gasteiger partial charge in [0.25, 0.3) is 0 Å². The van der Waals surface area contributed by atoms with Crippen molar-refractivity contribution in [2.24, 2.45) is 0 Å². The van der Waals surface area contributed by atoms with Gasteiger partial charge in [0, 0.05) is 38.0 Å². The molecule has 7 nitrogen and oxygen atoms in total. The monoisotopic (exact) mass is 418 g/mol. The molecule has 0 unspecified atom stereocenters. The highest BCUT2D eigenvalue weighted by atomic mass is 32.1. The summed E-state index contributed by atoms with van der Waals surface area (Å²) in [7, 11) is 1.59. The Kier molecular flexibility index (Phi) is 7.21. The number of pyridine rings is 1. The molecule has 1 aliphatic heterocycles. The summed E-state index contributed by atoms with van der Waals surface area (Å²) in [6, 6.07) is 4.15. The maximum absolute atomic E-state index is 12.1. The topological polar surface area (TPSA) is 76.6 Å². The predicted molar refractivity (Wildman–Crippen MR) is 115 cm³/mol. The van der Waals surface area contributed by atoms with Crippen LogP contribution in [0.2, 0.25) is 0 Å². The van der Waals surface area contributed by atoms with Crippen molar-refractivity contribution in [2.45, 2.75) is 52.9 Å². The second-order valence-corrected chi connectivity index (χ2v) is 8.57. The molecule has 0 radical (unpaired) electrons. The van der Waals surface area contributed by atoms with Gasteiger partial charge in [-0.1, -0.05) is 11.3 Å². The van der Waals surface area contributed by atoms with Gasteiger partial charge in [-0.05, 0) is 45.4 Å². The molecule has 3 rings (SSSR count). The highest BCUT2D eigenvalue weighted by Crippen LogP contribution is 2.36. The summed E-state index contributed by atoms with van der Waals surface area (Å²) < 4.78 is 10.9. The van der Waals surface area contributed by atoms with Crippen molar-refractivity contribution in [3.63, 3.8) is 0 Å². The number of anilines is 1. The average molecular weight is 419 g/mol. The normalized spacial score (nSPS) is 19.4. The summed E-state index contributed by atoms with van der Waals surface area (Å²) in [5.74, 6) is -0.0388. The third-order valence-electron chi connectivity index (χ3n) is 4.71. The third kappa shape index (κ3) is 5.74. The van der Waals surface area contributed by atoms with Crippen molar-refractivity contribution < 1.29 is 14.3 Å². The molecule has 0 spiro atoms. The Morgan fingerprint density at radius 2 is 1.90 bits per heavy atom. The Balaban J connectivity index is 1.89. The molecule has 2 atom stereocenters. The smallest absolute Gasteiger partial charge is 0.222 e. The van der Waals surface area contributed by atoms with Crippen LogP contribution in [0.4, 0.5) is 5.13 Å². The maximum atomic E-state index is 12.1. The lowest BCUT2D eigenvalue weighted by Crippen LogP contribution is -2.45. The zero-order valence-corrected chi connectivity index (χ0v) is 18.6. The fourth-order valence-electron chi connectivity index (χ4n) is 3.58. The van der Waals surface area contributed by atoms with Gasteiger partial charge in [-0.15, -0.1) is 0 Å². The second kappa shape index (κ2) is 9.65. The summed E-state index contributed by atoms with van der Waals surface area (Å²) in [6.07, 6.45) is 0.664. The molecule has 0 saturated carbocycles. The molecule has 3 heterocycles. The lowest BCUT2D eigenvalue weighted by molar-refractivity contribution is -0.122. The summed E-state index contributed by atoms with van der Waals surface area (Å²) in [5.41, 5.74) is 3.92. The van der Waals surface area contributed by atoms with Gasteiger partial charge < -0.3 is 19.7 Å². The fraction of sp³-hybridized carbons (Fsp3) is 0.571. The highest BCUT2D eigenvalue weighted by molar-refractivity contribution is 7.19. The standard InChI is InChI=1S/C21H30N4O3S/c1-13-8-17(9-14(2)23-13)20-18(10-22-19(26)6-7-27-5)24-21(29-20)25-11-15(3)28-16(4)12-25/h8-9,15-16H,6-7,10-12H2,1-5H3,(H,22,26)/t15-,16+. The lowest BCUT2D eigenvalue weighted by atomic mass is 10.1. The van der Waals surface area contributed by atoms with Crippen LogP contribution in [0.5, 0.6) is 0 Å². The first-order valence-electron chi connectivity index (χ1n) is 9.97. The number of morpholine rings is 1. The van der Waals surface area contributed by atoms with E-state index in [-0.39, 0.29) is 18.1 Å². The molecule has 1 aliphatic rings. The van der Waals surface area contributed by atoms with Crippen LogP contribution < -0.4 is 10.2 Å². The second-order valence-electron chi connectivity index (χ2n) is 7.59. The van der Waals surface area contributed by atoms with E-state index >= 15 is 0 Å². The number of thiazole rings is 1. The molecule has 1 amide bonds. The minimum absolute atomic E-state index is 0.0388. The molecule has 0 aliphatic carbocycles. The Hall–Kier alpha value is -2.03. The molecular weight excluding hydrogens is 388 g/mol. The molecule has 8 heteroatoms. The molecular formula is C21H30N4O3S. The number of nitrogens with one attached hydrogen (secondary N) is 1. The van der Waals surface area contributed by atoms with E-state index in [4.69, 9.17) is 14.5 Å². The number of methoxy groups -OCH3 is 1. The molecule has 1 fully saturated rings. The summed E-state index contributed by atoms with van der Waals surface area (Å²) in [4.78, 5) is 24.8. The van der Waals surface area contributed by atoms with Crippen molar-refractivity contribution in [3.8, 4) is 10.4 Å². The SMILES string of the molecule is COCCC(=O)NCc1nc(N2C[C@@H](C)O[C@@H](C)C2)sc1-c1cc(C)nc(C)c1. The summed E-state index contributed by atoms with van der Waals surface area (Å²) in [5, 5.41) is 3.94. The fourth-order valence-corrected chi connectivity index (χ4v) is 4.67. The first kappa shape index (κ1) is 21.7. The lowest BCUT2D eigenvalue weighted by Gasteiger charge is -2.35. The van der Waals surface area contributed by atoms with Gasteiger partial charge in [-0.2, -0.15) is 0 Å². The number of ether oxygens (including phenoxy) is 2. The predicted octanol–water partition coefficient (Wildman–Crippen LogP) is 3.09. The molecule has 1 N–H and O–H groups in total. The van der Waals surface area contributed by atoms with Crippen LogP contribution in [0.3, 0.4) is 0 Å². The van der Waals surface area contributed by atoms with Crippen molar-refractivity contribution in [1.29, 1.82) is 0 Å². The Bertz CT molecular complexity index is 824. The van der Waals surface area contributed by atoms with Crippen LogP contribution in [-0.4, -0.2) is 54.9 Å². The van der Waals surface area contributed by atoms with E-state index in [0.717, 1.165) is 45.7 Å². The van der Waals surface area contributed by atoms with Crippen LogP contribution >= 0.6 is 11.3 Å². The number of aryl methyl sites for hydroxylation is 2. The summed E-state index contributed by atoms with van der Waals surface area (Å²) >= 11 is 1.67. The number of carbonyl (C=O) groups is 1. The van der Waals surface area contributed by atoms with Gasteiger partial charge in [-0.3, -0.25) is 9.78 Å². The molecule has 158 valence electrons. The molecule has 1 saturated heterocycles. The summed E-state index contributed by atoms with van der Waals surface area (Å²) in [6.45, 7) is 10.6. The van der Waals surface area contributed by atoms with Crippen LogP contribution in [0.15, 0.2) is 12.1 Å². The van der Waals surface area contributed by atoms with E-state index in [2.05, 4.69) is 41.2 Å². The largest absolute Gasteiger partial charge is 0.384 e. The van der Waals surface area contributed by atoms with Gasteiger partial charge >= 0.3 is 0 Å². The molecule has 29 heavy (non-hydrogen) atoms. The van der Waals surface area contributed by atoms with Crippen LogP contribution in [0.25, 0.3) is 10.4 Å². The van der Waals surface area contributed by atoms with E-state index < -0.39 is 0 Å². The van der Waals surface area contributed by atoms with E-state index in [1.165, 1.54) is 0 Å². The quantitative estimate of drug-likeness (QED) is 0.745. The third-order valence-corrected chi connectivity index (χ3v) is 5.91. The van der Waals surface area contributed by atoms with Crippen LogP contribution in [0, 0.1) is 13.8 Å². The Morgan fingerprint density at radius 1 is 1.24 bits per heavy atom. The van der Waals surface area contributed by atoms with E-state index in [1.54, 1.807) is 18.4 Å². The van der Waals surface area contributed by atoms with Crippen LogP contribution in [0.1, 0.15) is 37.4 Å². The number of rotatable bonds is 7. The first-order valence-corrected chi connectivity index (χ1v) is 10.8. The van der Waals surface area contributed by atoms with Crippen LogP contribution in [-0.2, 0) is 20.8 Å². The zero-order chi connectivity index (χ0) is 21.0. The molecule has 0 bridgehead atoms. The average Bonchev–Trinajstić information content (AvgIpc) is 3.07. The Morgan fingerprint density at radius 3 is 2.52 bits per heavy atom. The maximum Gasteiger partial charge on any atom is 0.222 e. The highest BCUT2D eigenvalue weighted by Gasteiger charge is 2.26. The van der Waals surface area contributed by atoms with E-state index in [9.17, 15) is 4.79 Å². The number of hydrogen-bond donors (Lipinski definition) is 1. The van der Waals surface area contributed by atoms with Gasteiger partial charge in [-0.25, -0.2) is 4.98 Å². The number of carbonyl (C=O) groups excluding carboxylic acids is 1. The number of amides is 1. The van der Waals surface area contributed by atoms with Gasteiger partial charge in [0.1, 0.15) is 0 Å². The van der Waals surface area contributed by atoms with Crippen molar-refractivity contribution >= 4 is 22.4 Å².